The van der Waals surface area contributed by atoms with E-state index in [4.69, 9.17) is 9.30 Å². The Morgan fingerprint density at radius 2 is 0.906 bits per heavy atom. The second kappa shape index (κ2) is 16.0. The van der Waals surface area contributed by atoms with E-state index in [1.807, 2.05) is 0 Å². The first kappa shape index (κ1) is 27.3. The minimum Gasteiger partial charge on any atom is -0.372 e. The Bertz CT molecular complexity index is 891. The van der Waals surface area contributed by atoms with E-state index in [0.29, 0.717) is 0 Å². The first-order valence-electron chi connectivity index (χ1n) is 9.82. The molecule has 0 aliphatic carbocycles. The van der Waals surface area contributed by atoms with Crippen molar-refractivity contribution in [1.82, 2.24) is 13.0 Å². The van der Waals surface area contributed by atoms with E-state index in [1.54, 1.807) is 0 Å². The molecule has 1 aromatic carbocycles. The molecular weight excluding hydrogens is 459 g/mol. The summed E-state index contributed by atoms with van der Waals surface area (Å²) in [7, 11) is -0.585. The monoisotopic (exact) mass is 484 g/mol. The molecule has 8 heteroatoms. The molecule has 0 bridgehead atoms. The van der Waals surface area contributed by atoms with E-state index in [0.717, 1.165) is 0 Å². The van der Waals surface area contributed by atoms with Crippen molar-refractivity contribution < 1.29 is 26.7 Å². The fourth-order valence-corrected chi connectivity index (χ4v) is 5.20. The molecule has 0 radical (unpaired) electrons. The molecule has 3 aromatic heterocycles. The van der Waals surface area contributed by atoms with Crippen molar-refractivity contribution in [2.45, 2.75) is 12.8 Å². The van der Waals surface area contributed by atoms with Crippen molar-refractivity contribution in [2.75, 3.05) is 18.0 Å². The quantitative estimate of drug-likeness (QED) is 0.215. The van der Waals surface area contributed by atoms with Crippen LogP contribution in [0.15, 0.2) is 104 Å². The van der Waals surface area contributed by atoms with Crippen molar-refractivity contribution in [3.8, 4) is 0 Å². The molecule has 1 aliphatic rings. The standard InChI is InChI=1S/C12H12N3P.C10H13N.2CO.Cr/c1-2-8-13(7-1)16(14-9-3-4-10-14)15-11-5-6-12-15;1-2-6-10(7-3-1)11-8-4-5-9-11;2*1-2;/h1-12H;1-3,6-7H,4-5,8-9H2;;;. The van der Waals surface area contributed by atoms with Gasteiger partial charge in [-0.25, -0.2) is 0 Å². The fourth-order valence-electron chi connectivity index (χ4n) is 3.31. The summed E-state index contributed by atoms with van der Waals surface area (Å²) in [6, 6.07) is 23.0. The van der Waals surface area contributed by atoms with Crippen LogP contribution < -0.4 is 4.90 Å². The summed E-state index contributed by atoms with van der Waals surface area (Å²) in [5, 5.41) is 0. The topological polar surface area (TPSA) is 57.8 Å². The fraction of sp³-hybridized carbons (Fsp3) is 0.167. The molecule has 32 heavy (non-hydrogen) atoms. The van der Waals surface area contributed by atoms with Crippen molar-refractivity contribution in [3.05, 3.63) is 117 Å². The summed E-state index contributed by atoms with van der Waals surface area (Å²) in [4.78, 5) is 2.44. The van der Waals surface area contributed by atoms with E-state index in [2.05, 4.69) is 135 Å². The summed E-state index contributed by atoms with van der Waals surface area (Å²) in [6.45, 7) is 11.5. The second-order valence-electron chi connectivity index (χ2n) is 6.49. The molecule has 164 valence electrons. The summed E-state index contributed by atoms with van der Waals surface area (Å²) in [6.07, 6.45) is 15.3. The van der Waals surface area contributed by atoms with Crippen LogP contribution in [0.25, 0.3) is 0 Å². The zero-order valence-corrected chi connectivity index (χ0v) is 19.8. The molecule has 0 unspecified atom stereocenters. The first-order chi connectivity index (χ1) is 15.4. The van der Waals surface area contributed by atoms with Crippen LogP contribution in [0.1, 0.15) is 12.8 Å². The predicted molar refractivity (Wildman–Crippen MR) is 122 cm³/mol. The Morgan fingerprint density at radius 3 is 1.25 bits per heavy atom. The normalized spacial score (nSPS) is 11.6. The van der Waals surface area contributed by atoms with Gasteiger partial charge in [-0.3, -0.25) is 13.0 Å². The Morgan fingerprint density at radius 1 is 0.562 bits per heavy atom. The third kappa shape index (κ3) is 7.77. The van der Waals surface area contributed by atoms with Gasteiger partial charge in [0.2, 0.25) is 8.37 Å². The minimum absolute atomic E-state index is 0. The Balaban J connectivity index is 0.000000282. The zero-order chi connectivity index (χ0) is 22.3. The number of benzene rings is 1. The molecule has 0 amide bonds. The van der Waals surface area contributed by atoms with Crippen LogP contribution >= 0.6 is 8.37 Å². The van der Waals surface area contributed by atoms with Gasteiger partial charge in [-0.2, -0.15) is 0 Å². The number of aromatic nitrogens is 3. The van der Waals surface area contributed by atoms with Gasteiger partial charge in [0.25, 0.3) is 0 Å². The predicted octanol–water partition coefficient (Wildman–Crippen LogP) is 5.47. The molecule has 4 aromatic rings. The first-order valence-corrected chi connectivity index (χ1v) is 11.0. The Hall–Kier alpha value is -2.70. The van der Waals surface area contributed by atoms with Gasteiger partial charge in [-0.1, -0.05) is 18.2 Å². The third-order valence-corrected chi connectivity index (χ3v) is 6.65. The SMILES string of the molecule is [C-]#[O+].[C-]#[O+].[Cr].c1ccc(N2CCCC2)cc1.c1ccn(P(n2cccc2)n2cccc2)c1. The van der Waals surface area contributed by atoms with Crippen LogP contribution in [0.3, 0.4) is 0 Å². The number of para-hydroxylation sites is 1. The smallest absolute Gasteiger partial charge is 0.219 e. The van der Waals surface area contributed by atoms with Crippen LogP contribution in [-0.4, -0.2) is 26.1 Å². The number of nitrogens with zero attached hydrogens (tertiary/aromatic N) is 4. The van der Waals surface area contributed by atoms with Gasteiger partial charge in [0, 0.05) is 73.3 Å². The van der Waals surface area contributed by atoms with E-state index in [1.165, 1.54) is 31.6 Å². The van der Waals surface area contributed by atoms with Crippen LogP contribution in [-0.2, 0) is 26.7 Å². The van der Waals surface area contributed by atoms with Gasteiger partial charge >= 0.3 is 22.6 Å². The Kier molecular flexibility index (Phi) is 13.7. The van der Waals surface area contributed by atoms with Crippen molar-refractivity contribution in [2.24, 2.45) is 0 Å². The van der Waals surface area contributed by atoms with Gasteiger partial charge in [0.1, 0.15) is 0 Å². The number of rotatable bonds is 4. The van der Waals surface area contributed by atoms with E-state index in [-0.39, 0.29) is 17.4 Å². The number of hydrogen-bond donors (Lipinski definition) is 0. The molecular formula is C24H25CrN4O2P. The summed E-state index contributed by atoms with van der Waals surface area (Å²) in [5.74, 6) is 0. The molecule has 5 rings (SSSR count). The molecule has 0 atom stereocenters. The third-order valence-electron chi connectivity index (χ3n) is 4.61. The maximum absolute atomic E-state index is 7.50. The van der Waals surface area contributed by atoms with Crippen LogP contribution in [0.2, 0.25) is 0 Å². The van der Waals surface area contributed by atoms with Crippen LogP contribution in [0.4, 0.5) is 5.69 Å². The summed E-state index contributed by atoms with van der Waals surface area (Å²) in [5.41, 5.74) is 1.38. The molecule has 1 saturated heterocycles. The van der Waals surface area contributed by atoms with E-state index in [9.17, 15) is 0 Å². The second-order valence-corrected chi connectivity index (χ2v) is 8.41. The summed E-state index contributed by atoms with van der Waals surface area (Å²) < 4.78 is 21.7. The minimum atomic E-state index is -0.585. The van der Waals surface area contributed by atoms with Crippen molar-refractivity contribution in [1.29, 1.82) is 0 Å². The van der Waals surface area contributed by atoms with E-state index < -0.39 is 8.37 Å². The van der Waals surface area contributed by atoms with Gasteiger partial charge in [0.05, 0.1) is 0 Å². The van der Waals surface area contributed by atoms with Crippen molar-refractivity contribution in [3.63, 3.8) is 0 Å². The molecule has 1 fully saturated rings. The van der Waals surface area contributed by atoms with Gasteiger partial charge in [-0.15, -0.1) is 0 Å². The maximum Gasteiger partial charge on any atom is 0.219 e. The van der Waals surface area contributed by atoms with Crippen LogP contribution in [0.5, 0.6) is 0 Å². The number of anilines is 1. The maximum atomic E-state index is 7.50. The largest absolute Gasteiger partial charge is 0.372 e. The molecule has 0 spiro atoms. The number of hydrogen-bond acceptors (Lipinski definition) is 1. The Labute approximate surface area is 201 Å². The van der Waals surface area contributed by atoms with Gasteiger partial charge < -0.3 is 4.90 Å². The average Bonchev–Trinajstić information content (AvgIpc) is 3.67. The molecule has 6 nitrogen and oxygen atoms in total. The molecule has 4 heterocycles. The van der Waals surface area contributed by atoms with E-state index >= 15 is 0 Å². The molecule has 0 N–H and O–H groups in total. The molecule has 1 aliphatic heterocycles. The average molecular weight is 484 g/mol. The molecule has 0 saturated carbocycles. The zero-order valence-electron chi connectivity index (χ0n) is 17.6. The van der Waals surface area contributed by atoms with Crippen molar-refractivity contribution >= 4 is 14.1 Å². The van der Waals surface area contributed by atoms with Gasteiger partial charge in [-0.05, 0) is 61.4 Å². The van der Waals surface area contributed by atoms with Crippen LogP contribution in [0, 0.1) is 13.3 Å². The van der Waals surface area contributed by atoms with Gasteiger partial charge in [0.15, 0.2) is 0 Å². The summed E-state index contributed by atoms with van der Waals surface area (Å²) >= 11 is 0.